The molecule has 0 fully saturated rings. The molecular formula is C22H30N2OS. The van der Waals surface area contributed by atoms with Gasteiger partial charge in [-0.25, -0.2) is 0 Å². The van der Waals surface area contributed by atoms with E-state index in [0.29, 0.717) is 17.9 Å². The minimum atomic E-state index is 0.179. The summed E-state index contributed by atoms with van der Waals surface area (Å²) in [5.74, 6) is 1.64. The second-order valence-electron chi connectivity index (χ2n) is 6.02. The highest BCUT2D eigenvalue weighted by atomic mass is 32.2. The smallest absolute Gasteiger partial charge is 0.164 e. The second kappa shape index (κ2) is 10.9. The molecule has 140 valence electrons. The Bertz CT molecular complexity index is 754. The molecule has 0 spiro atoms. The number of thioether (sulfide) groups is 1. The van der Waals surface area contributed by atoms with Gasteiger partial charge in [0.2, 0.25) is 0 Å². The van der Waals surface area contributed by atoms with Crippen molar-refractivity contribution >= 4 is 17.5 Å². The molecule has 0 radical (unpaired) electrons. The van der Waals surface area contributed by atoms with Crippen LogP contribution in [0.2, 0.25) is 0 Å². The molecule has 3 nitrogen and oxygen atoms in total. The Balaban J connectivity index is 0.00000163. The van der Waals surface area contributed by atoms with Gasteiger partial charge in [-0.15, -0.1) is 0 Å². The van der Waals surface area contributed by atoms with Crippen molar-refractivity contribution in [2.75, 3.05) is 12.0 Å². The number of carbonyl (C=O) groups excluding carboxylic acids is 1. The van der Waals surface area contributed by atoms with Crippen molar-refractivity contribution < 1.29 is 4.79 Å². The van der Waals surface area contributed by atoms with E-state index in [4.69, 9.17) is 5.26 Å². The highest BCUT2D eigenvalue weighted by Crippen LogP contribution is 2.30. The third-order valence-corrected chi connectivity index (χ3v) is 5.06. The summed E-state index contributed by atoms with van der Waals surface area (Å²) >= 11 is 1.84. The number of carbonyl (C=O) groups is 1. The summed E-state index contributed by atoms with van der Waals surface area (Å²) in [6, 6.07) is 11.8. The normalized spacial score (nSPS) is 11.3. The van der Waals surface area contributed by atoms with Gasteiger partial charge in [-0.05, 0) is 61.6 Å². The number of rotatable bonds is 7. The average Bonchev–Trinajstić information content (AvgIpc) is 3.04. The molecule has 0 N–H and O–H groups in total. The van der Waals surface area contributed by atoms with E-state index < -0.39 is 0 Å². The van der Waals surface area contributed by atoms with Gasteiger partial charge >= 0.3 is 0 Å². The van der Waals surface area contributed by atoms with Crippen molar-refractivity contribution in [3.05, 3.63) is 52.8 Å². The van der Waals surface area contributed by atoms with Gasteiger partial charge in [0.15, 0.2) is 5.78 Å². The molecule has 0 aliphatic rings. The van der Waals surface area contributed by atoms with Crippen molar-refractivity contribution in [2.45, 2.75) is 53.4 Å². The van der Waals surface area contributed by atoms with E-state index in [0.717, 1.165) is 29.1 Å². The first-order valence-electron chi connectivity index (χ1n) is 9.28. The van der Waals surface area contributed by atoms with E-state index in [-0.39, 0.29) is 5.78 Å². The molecule has 1 aromatic heterocycles. The van der Waals surface area contributed by atoms with Crippen molar-refractivity contribution in [1.29, 1.82) is 5.26 Å². The molecule has 0 aliphatic heterocycles. The van der Waals surface area contributed by atoms with Crippen LogP contribution < -0.4 is 0 Å². The van der Waals surface area contributed by atoms with Gasteiger partial charge in [-0.3, -0.25) is 4.79 Å². The molecule has 0 saturated heterocycles. The highest BCUT2D eigenvalue weighted by molar-refractivity contribution is 7.98. The Kier molecular flexibility index (Phi) is 9.23. The molecule has 0 bridgehead atoms. The molecule has 1 atom stereocenters. The van der Waals surface area contributed by atoms with Crippen LogP contribution in [0.1, 0.15) is 73.8 Å². The summed E-state index contributed by atoms with van der Waals surface area (Å²) in [5, 5.41) is 9.00. The lowest BCUT2D eigenvalue weighted by atomic mass is 10.0. The first-order chi connectivity index (χ1) is 12.5. The predicted molar refractivity (Wildman–Crippen MR) is 113 cm³/mol. The van der Waals surface area contributed by atoms with E-state index in [1.54, 1.807) is 0 Å². The van der Waals surface area contributed by atoms with Crippen LogP contribution in [0, 0.1) is 18.3 Å². The van der Waals surface area contributed by atoms with Crippen LogP contribution in [0.3, 0.4) is 0 Å². The number of Topliss-reactive ketones (excluding diaryl/α,β-unsaturated/α-hetero) is 1. The quantitative estimate of drug-likeness (QED) is 0.550. The van der Waals surface area contributed by atoms with Gasteiger partial charge in [0.05, 0.1) is 11.6 Å². The van der Waals surface area contributed by atoms with Crippen LogP contribution in [-0.4, -0.2) is 22.4 Å². The fraction of sp³-hybridized carbons (Fsp3) is 0.455. The topological polar surface area (TPSA) is 45.8 Å². The van der Waals surface area contributed by atoms with Crippen LogP contribution in [0.15, 0.2) is 30.3 Å². The van der Waals surface area contributed by atoms with Gasteiger partial charge in [0.25, 0.3) is 0 Å². The molecule has 0 saturated carbocycles. The third kappa shape index (κ3) is 5.02. The van der Waals surface area contributed by atoms with Crippen molar-refractivity contribution in [2.24, 2.45) is 0 Å². The Hall–Kier alpha value is -1.99. The molecule has 2 aromatic rings. The summed E-state index contributed by atoms with van der Waals surface area (Å²) in [6.07, 6.45) is 3.70. The first kappa shape index (κ1) is 22.1. The van der Waals surface area contributed by atoms with Crippen molar-refractivity contribution in [3.63, 3.8) is 0 Å². The molecule has 0 aliphatic carbocycles. The van der Waals surface area contributed by atoms with Crippen molar-refractivity contribution in [3.8, 4) is 11.8 Å². The van der Waals surface area contributed by atoms with Crippen molar-refractivity contribution in [1.82, 2.24) is 4.57 Å². The third-order valence-electron chi connectivity index (χ3n) is 4.41. The Morgan fingerprint density at radius 2 is 1.88 bits per heavy atom. The van der Waals surface area contributed by atoms with Gasteiger partial charge in [-0.1, -0.05) is 27.7 Å². The molecule has 1 aromatic carbocycles. The van der Waals surface area contributed by atoms with Crippen LogP contribution in [0.25, 0.3) is 5.69 Å². The zero-order valence-corrected chi connectivity index (χ0v) is 17.6. The summed E-state index contributed by atoms with van der Waals surface area (Å²) < 4.78 is 2.18. The molecule has 4 heteroatoms. The van der Waals surface area contributed by atoms with E-state index >= 15 is 0 Å². The zero-order valence-electron chi connectivity index (χ0n) is 16.8. The number of nitrogens with zero attached hydrogens (tertiary/aromatic N) is 2. The summed E-state index contributed by atoms with van der Waals surface area (Å²) in [4.78, 5) is 12.3. The zero-order chi connectivity index (χ0) is 19.7. The highest BCUT2D eigenvalue weighted by Gasteiger charge is 2.20. The molecule has 2 rings (SSSR count). The maximum atomic E-state index is 12.3. The van der Waals surface area contributed by atoms with Gasteiger partial charge in [0, 0.05) is 29.1 Å². The van der Waals surface area contributed by atoms with Gasteiger partial charge < -0.3 is 4.57 Å². The number of ketones is 1. The van der Waals surface area contributed by atoms with E-state index in [1.165, 1.54) is 5.69 Å². The van der Waals surface area contributed by atoms with Crippen LogP contribution >= 0.6 is 11.8 Å². The predicted octanol–water partition coefficient (Wildman–Crippen LogP) is 6.13. The fourth-order valence-corrected chi connectivity index (χ4v) is 3.53. The number of hydrogen-bond acceptors (Lipinski definition) is 3. The largest absolute Gasteiger partial charge is 0.317 e. The van der Waals surface area contributed by atoms with Crippen LogP contribution in [0.4, 0.5) is 0 Å². The number of aromatic nitrogens is 1. The number of benzene rings is 1. The standard InChI is InChI=1S/C20H24N2OS.C2H6/c1-5-20(23)18-12-19(14(2)10-11-24-4)22(15(18)3)17-8-6-16(13-21)7-9-17;1-2/h6-9,12,14H,5,10-11H2,1-4H3;1-2H3. The number of nitriles is 1. The SMILES string of the molecule is CC.CCC(=O)c1cc(C(C)CCSC)n(-c2ccc(C#N)cc2)c1C. The minimum Gasteiger partial charge on any atom is -0.317 e. The molecule has 1 heterocycles. The maximum absolute atomic E-state index is 12.3. The summed E-state index contributed by atoms with van der Waals surface area (Å²) in [7, 11) is 0. The second-order valence-corrected chi connectivity index (χ2v) is 7.01. The summed E-state index contributed by atoms with van der Waals surface area (Å²) in [6.45, 7) is 10.1. The maximum Gasteiger partial charge on any atom is 0.164 e. The fourth-order valence-electron chi connectivity index (χ4n) is 2.94. The minimum absolute atomic E-state index is 0.179. The lowest BCUT2D eigenvalue weighted by Crippen LogP contribution is -2.07. The molecule has 26 heavy (non-hydrogen) atoms. The van der Waals surface area contributed by atoms with E-state index in [9.17, 15) is 4.79 Å². The van der Waals surface area contributed by atoms with Gasteiger partial charge in [0.1, 0.15) is 0 Å². The van der Waals surface area contributed by atoms with Crippen LogP contribution in [-0.2, 0) is 0 Å². The molecule has 0 amide bonds. The van der Waals surface area contributed by atoms with E-state index in [1.807, 2.05) is 63.7 Å². The van der Waals surface area contributed by atoms with Crippen LogP contribution in [0.5, 0.6) is 0 Å². The molecule has 1 unspecified atom stereocenters. The Morgan fingerprint density at radius 1 is 1.27 bits per heavy atom. The lowest BCUT2D eigenvalue weighted by Gasteiger charge is -2.17. The summed E-state index contributed by atoms with van der Waals surface area (Å²) in [5.41, 5.74) is 4.62. The van der Waals surface area contributed by atoms with E-state index in [2.05, 4.69) is 29.9 Å². The molecular weight excluding hydrogens is 340 g/mol. The number of hydrogen-bond donors (Lipinski definition) is 0. The first-order valence-corrected chi connectivity index (χ1v) is 10.7. The Morgan fingerprint density at radius 3 is 2.38 bits per heavy atom. The van der Waals surface area contributed by atoms with Gasteiger partial charge in [-0.2, -0.15) is 17.0 Å². The monoisotopic (exact) mass is 370 g/mol. The average molecular weight is 371 g/mol. The Labute approximate surface area is 162 Å². The lowest BCUT2D eigenvalue weighted by molar-refractivity contribution is 0.0987.